The van der Waals surface area contributed by atoms with E-state index in [-0.39, 0.29) is 5.91 Å². The highest BCUT2D eigenvalue weighted by atomic mass is 16.5. The molecule has 2 heterocycles. The van der Waals surface area contributed by atoms with E-state index in [9.17, 15) is 4.79 Å². The zero-order valence-corrected chi connectivity index (χ0v) is 20.6. The lowest BCUT2D eigenvalue weighted by Crippen LogP contribution is -2.35. The number of hydrogen-bond acceptors (Lipinski definition) is 6. The van der Waals surface area contributed by atoms with Crippen molar-refractivity contribution < 1.29 is 23.4 Å². The summed E-state index contributed by atoms with van der Waals surface area (Å²) in [6.07, 6.45) is 4.87. The fraction of sp³-hybridized carbons (Fsp3) is 0.444. The van der Waals surface area contributed by atoms with Crippen LogP contribution in [0.1, 0.15) is 23.1 Å². The van der Waals surface area contributed by atoms with Crippen molar-refractivity contribution in [2.45, 2.75) is 25.7 Å². The summed E-state index contributed by atoms with van der Waals surface area (Å²) >= 11 is 0. The van der Waals surface area contributed by atoms with Gasteiger partial charge in [0.25, 0.3) is 0 Å². The largest absolute Gasteiger partial charge is 0.496 e. The number of methoxy groups -OCH3 is 3. The van der Waals surface area contributed by atoms with Crippen molar-refractivity contribution in [2.75, 3.05) is 54.6 Å². The fourth-order valence-corrected chi connectivity index (χ4v) is 4.68. The van der Waals surface area contributed by atoms with Gasteiger partial charge in [0.05, 0.1) is 39.4 Å². The maximum absolute atomic E-state index is 12.9. The summed E-state index contributed by atoms with van der Waals surface area (Å²) in [5, 5.41) is 1.06. The second-order valence-corrected chi connectivity index (χ2v) is 8.78. The van der Waals surface area contributed by atoms with Crippen LogP contribution in [0, 0.1) is 0 Å². The summed E-state index contributed by atoms with van der Waals surface area (Å²) in [4.78, 5) is 17.2. The zero-order valence-electron chi connectivity index (χ0n) is 20.6. The number of hydrogen-bond donors (Lipinski definition) is 0. The number of fused-ring (bicyclic) bond motifs is 2. The molecular formula is C27H34N2O5. The van der Waals surface area contributed by atoms with Gasteiger partial charge in [0, 0.05) is 25.2 Å². The second-order valence-electron chi connectivity index (χ2n) is 8.78. The third-order valence-electron chi connectivity index (χ3n) is 6.64. The molecule has 3 aromatic rings. The molecule has 1 aliphatic rings. The highest BCUT2D eigenvalue weighted by Gasteiger charge is 2.22. The van der Waals surface area contributed by atoms with Crippen LogP contribution in [0.5, 0.6) is 17.2 Å². The first kappa shape index (κ1) is 24.0. The molecule has 1 amide bonds. The molecule has 0 saturated carbocycles. The third kappa shape index (κ3) is 5.14. The Kier molecular flexibility index (Phi) is 7.63. The summed E-state index contributed by atoms with van der Waals surface area (Å²) in [6, 6.07) is 9.82. The van der Waals surface area contributed by atoms with Gasteiger partial charge in [-0.2, -0.15) is 0 Å². The van der Waals surface area contributed by atoms with E-state index >= 15 is 0 Å². The summed E-state index contributed by atoms with van der Waals surface area (Å²) in [7, 11) is 7.07. The van der Waals surface area contributed by atoms with E-state index in [0.717, 1.165) is 78.9 Å². The first-order valence-corrected chi connectivity index (χ1v) is 11.8. The molecule has 182 valence electrons. The Labute approximate surface area is 201 Å². The number of carbonyl (C=O) groups excluding carboxylic acids is 1. The summed E-state index contributed by atoms with van der Waals surface area (Å²) in [5.41, 5.74) is 4.21. The molecule has 2 aromatic carbocycles. The Morgan fingerprint density at radius 3 is 2.47 bits per heavy atom. The fourth-order valence-electron chi connectivity index (χ4n) is 4.68. The van der Waals surface area contributed by atoms with Gasteiger partial charge in [0.2, 0.25) is 5.91 Å². The van der Waals surface area contributed by atoms with E-state index in [1.165, 1.54) is 0 Å². The first-order valence-electron chi connectivity index (χ1n) is 11.8. The normalized spacial score (nSPS) is 13.8. The van der Waals surface area contributed by atoms with Gasteiger partial charge in [0.15, 0.2) is 11.5 Å². The van der Waals surface area contributed by atoms with Gasteiger partial charge >= 0.3 is 0 Å². The standard InChI is InChI=1S/C27H34N2O5/c1-28(13-9-20-18-34-23-8-5-7-22(31-2)27(20)23)11-6-12-29-14-10-19-15-24(32-3)25(33-4)16-21(19)17-26(29)30/h5,7-8,15-16,18H,6,9-14,17H2,1-4H3. The molecule has 1 aromatic heterocycles. The molecule has 7 nitrogen and oxygen atoms in total. The molecule has 7 heteroatoms. The average Bonchev–Trinajstić information content (AvgIpc) is 3.21. The van der Waals surface area contributed by atoms with E-state index in [0.29, 0.717) is 17.9 Å². The molecule has 0 radical (unpaired) electrons. The molecule has 0 saturated heterocycles. The van der Waals surface area contributed by atoms with Crippen LogP contribution < -0.4 is 14.2 Å². The molecule has 1 aliphatic heterocycles. The quantitative estimate of drug-likeness (QED) is 0.451. The van der Waals surface area contributed by atoms with E-state index in [4.69, 9.17) is 18.6 Å². The number of carbonyl (C=O) groups is 1. The van der Waals surface area contributed by atoms with Crippen LogP contribution in [-0.4, -0.2) is 70.3 Å². The Hall–Kier alpha value is -3.19. The topological polar surface area (TPSA) is 64.4 Å². The van der Waals surface area contributed by atoms with Crippen molar-refractivity contribution in [1.82, 2.24) is 9.80 Å². The summed E-state index contributed by atoms with van der Waals surface area (Å²) in [6.45, 7) is 3.32. The summed E-state index contributed by atoms with van der Waals surface area (Å²) in [5.74, 6) is 2.41. The minimum absolute atomic E-state index is 0.172. The average molecular weight is 467 g/mol. The van der Waals surface area contributed by atoms with Crippen LogP contribution in [0.2, 0.25) is 0 Å². The van der Waals surface area contributed by atoms with E-state index < -0.39 is 0 Å². The molecule has 34 heavy (non-hydrogen) atoms. The lowest BCUT2D eigenvalue weighted by molar-refractivity contribution is -0.130. The molecule has 0 fully saturated rings. The molecule has 0 atom stereocenters. The van der Waals surface area contributed by atoms with E-state index in [1.807, 2.05) is 41.5 Å². The molecule has 0 unspecified atom stereocenters. The van der Waals surface area contributed by atoms with Crippen molar-refractivity contribution in [3.05, 3.63) is 53.3 Å². The van der Waals surface area contributed by atoms with Crippen molar-refractivity contribution in [3.8, 4) is 17.2 Å². The molecule has 0 bridgehead atoms. The lowest BCUT2D eigenvalue weighted by Gasteiger charge is -2.22. The zero-order chi connectivity index (χ0) is 24.1. The van der Waals surface area contributed by atoms with Crippen LogP contribution in [-0.2, 0) is 24.1 Å². The van der Waals surface area contributed by atoms with Crippen LogP contribution in [0.3, 0.4) is 0 Å². The van der Waals surface area contributed by atoms with Crippen molar-refractivity contribution in [1.29, 1.82) is 0 Å². The van der Waals surface area contributed by atoms with Crippen molar-refractivity contribution in [2.24, 2.45) is 0 Å². The summed E-state index contributed by atoms with van der Waals surface area (Å²) < 4.78 is 22.1. The lowest BCUT2D eigenvalue weighted by atomic mass is 10.0. The van der Waals surface area contributed by atoms with Gasteiger partial charge in [0.1, 0.15) is 11.3 Å². The molecule has 4 rings (SSSR count). The third-order valence-corrected chi connectivity index (χ3v) is 6.64. The van der Waals surface area contributed by atoms with E-state index in [1.54, 1.807) is 21.3 Å². The number of furan rings is 1. The van der Waals surface area contributed by atoms with Gasteiger partial charge < -0.3 is 28.4 Å². The molecule has 0 aliphatic carbocycles. The predicted octanol–water partition coefficient (Wildman–Crippen LogP) is 3.95. The Bertz CT molecular complexity index is 1140. The van der Waals surface area contributed by atoms with Gasteiger partial charge in [-0.1, -0.05) is 6.07 Å². The van der Waals surface area contributed by atoms with Crippen LogP contribution in [0.4, 0.5) is 0 Å². The number of rotatable bonds is 10. The van der Waals surface area contributed by atoms with Crippen LogP contribution >= 0.6 is 0 Å². The van der Waals surface area contributed by atoms with Gasteiger partial charge in [-0.05, 0) is 68.2 Å². The van der Waals surface area contributed by atoms with Gasteiger partial charge in [-0.15, -0.1) is 0 Å². The predicted molar refractivity (Wildman–Crippen MR) is 132 cm³/mol. The Morgan fingerprint density at radius 1 is 1.00 bits per heavy atom. The number of ether oxygens (including phenoxy) is 3. The maximum atomic E-state index is 12.9. The Morgan fingerprint density at radius 2 is 1.74 bits per heavy atom. The SMILES string of the molecule is COc1cc2c(cc1OC)CC(=O)N(CCCN(C)CCc1coc3cccc(OC)c13)CC2. The molecule has 0 spiro atoms. The first-order chi connectivity index (χ1) is 16.5. The van der Waals surface area contributed by atoms with Gasteiger partial charge in [-0.3, -0.25) is 4.79 Å². The number of amides is 1. The maximum Gasteiger partial charge on any atom is 0.227 e. The van der Waals surface area contributed by atoms with Crippen LogP contribution in [0.25, 0.3) is 11.0 Å². The smallest absolute Gasteiger partial charge is 0.227 e. The van der Waals surface area contributed by atoms with Crippen LogP contribution in [0.15, 0.2) is 41.0 Å². The molecular weight excluding hydrogens is 432 g/mol. The highest BCUT2D eigenvalue weighted by molar-refractivity contribution is 5.87. The number of benzene rings is 2. The second kappa shape index (κ2) is 10.8. The monoisotopic (exact) mass is 466 g/mol. The number of nitrogens with zero attached hydrogens (tertiary/aromatic N) is 2. The van der Waals surface area contributed by atoms with Crippen molar-refractivity contribution in [3.63, 3.8) is 0 Å². The Balaban J connectivity index is 1.28. The minimum Gasteiger partial charge on any atom is -0.496 e. The minimum atomic E-state index is 0.172. The number of likely N-dealkylation sites (N-methyl/N-ethyl adjacent to an activating group) is 1. The van der Waals surface area contributed by atoms with E-state index in [2.05, 4.69) is 11.9 Å². The van der Waals surface area contributed by atoms with Gasteiger partial charge in [-0.25, -0.2) is 0 Å². The molecule has 0 N–H and O–H groups in total. The highest BCUT2D eigenvalue weighted by Crippen LogP contribution is 2.33. The van der Waals surface area contributed by atoms with Crippen molar-refractivity contribution >= 4 is 16.9 Å².